The molecule has 1 aromatic heterocycles. The minimum absolute atomic E-state index is 0.0115. The van der Waals surface area contributed by atoms with Gasteiger partial charge in [-0.1, -0.05) is 12.1 Å². The van der Waals surface area contributed by atoms with E-state index in [1.54, 1.807) is 30.3 Å². The third-order valence-corrected chi connectivity index (χ3v) is 4.19. The van der Waals surface area contributed by atoms with Crippen LogP contribution in [0.3, 0.4) is 0 Å². The Labute approximate surface area is 142 Å². The fraction of sp³-hybridized carbons (Fsp3) is 0.250. The summed E-state index contributed by atoms with van der Waals surface area (Å²) in [5.41, 5.74) is 0.493. The molecule has 0 atom stereocenters. The summed E-state index contributed by atoms with van der Waals surface area (Å²) in [5, 5.41) is 13.3. The predicted molar refractivity (Wildman–Crippen MR) is 89.0 cm³/mol. The molecule has 1 N–H and O–H groups in total. The Morgan fingerprint density at radius 1 is 1.25 bits per heavy atom. The molecule has 2 rings (SSSR count). The highest BCUT2D eigenvalue weighted by Crippen LogP contribution is 2.28. The molecule has 2 aromatic rings. The third-order valence-electron chi connectivity index (χ3n) is 3.09. The van der Waals surface area contributed by atoms with Gasteiger partial charge in [0.1, 0.15) is 16.5 Å². The van der Waals surface area contributed by atoms with Crippen LogP contribution in [0, 0.1) is 10.1 Å². The normalized spacial score (nSPS) is 10.4. The maximum atomic E-state index is 12.2. The summed E-state index contributed by atoms with van der Waals surface area (Å²) in [6, 6.07) is 9.88. The van der Waals surface area contributed by atoms with Gasteiger partial charge in [-0.05, 0) is 25.1 Å². The molecule has 0 radical (unpaired) electrons. The van der Waals surface area contributed by atoms with Gasteiger partial charge in [-0.15, -0.1) is 11.8 Å². The Bertz CT molecular complexity index is 756. The first kappa shape index (κ1) is 17.7. The summed E-state index contributed by atoms with van der Waals surface area (Å²) in [6.07, 6.45) is 0.289. The highest BCUT2D eigenvalue weighted by molar-refractivity contribution is 7.98. The number of hydrogen-bond acceptors (Lipinski definition) is 6. The SMILES string of the molecule is CC(=O)CCNC(=O)c1ccccc1SCc1ccc([N+](=O)[O-])o1. The summed E-state index contributed by atoms with van der Waals surface area (Å²) < 4.78 is 5.10. The average molecular weight is 348 g/mol. The number of rotatable bonds is 8. The molecule has 1 aromatic carbocycles. The van der Waals surface area contributed by atoms with Crippen molar-refractivity contribution in [1.82, 2.24) is 5.32 Å². The Kier molecular flexibility index (Phi) is 6.14. The molecular formula is C16H16N2O5S. The van der Waals surface area contributed by atoms with E-state index in [2.05, 4.69) is 5.32 Å². The summed E-state index contributed by atoms with van der Waals surface area (Å²) in [6.45, 7) is 1.76. The number of furan rings is 1. The van der Waals surface area contributed by atoms with Crippen LogP contribution >= 0.6 is 11.8 Å². The molecule has 0 aliphatic heterocycles. The largest absolute Gasteiger partial charge is 0.433 e. The summed E-state index contributed by atoms with van der Waals surface area (Å²) in [4.78, 5) is 33.9. The van der Waals surface area contributed by atoms with Crippen LogP contribution in [-0.2, 0) is 10.5 Å². The molecule has 1 heterocycles. The summed E-state index contributed by atoms with van der Waals surface area (Å²) in [7, 11) is 0. The molecule has 24 heavy (non-hydrogen) atoms. The number of ketones is 1. The molecule has 126 valence electrons. The van der Waals surface area contributed by atoms with Gasteiger partial charge < -0.3 is 9.73 Å². The fourth-order valence-corrected chi connectivity index (χ4v) is 2.86. The van der Waals surface area contributed by atoms with Gasteiger partial charge in [0.05, 0.1) is 17.4 Å². The number of hydrogen-bond donors (Lipinski definition) is 1. The van der Waals surface area contributed by atoms with Gasteiger partial charge in [0.25, 0.3) is 5.91 Å². The lowest BCUT2D eigenvalue weighted by Gasteiger charge is -2.08. The number of carbonyl (C=O) groups is 2. The van der Waals surface area contributed by atoms with Crippen molar-refractivity contribution >= 4 is 29.3 Å². The van der Waals surface area contributed by atoms with Crippen LogP contribution in [0.15, 0.2) is 45.7 Å². The van der Waals surface area contributed by atoms with E-state index in [9.17, 15) is 19.7 Å². The number of amides is 1. The number of nitro groups is 1. The van der Waals surface area contributed by atoms with Crippen LogP contribution in [0.5, 0.6) is 0 Å². The molecule has 0 bridgehead atoms. The van der Waals surface area contributed by atoms with Crippen molar-refractivity contribution in [2.75, 3.05) is 6.54 Å². The highest BCUT2D eigenvalue weighted by Gasteiger charge is 2.14. The Balaban J connectivity index is 2.01. The van der Waals surface area contributed by atoms with Crippen LogP contribution in [0.25, 0.3) is 0 Å². The minimum Gasteiger partial charge on any atom is -0.405 e. The Hall–Kier alpha value is -2.61. The number of thioether (sulfide) groups is 1. The molecule has 0 saturated carbocycles. The quantitative estimate of drug-likeness (QED) is 0.446. The second kappa shape index (κ2) is 8.30. The lowest BCUT2D eigenvalue weighted by atomic mass is 10.2. The molecule has 0 aliphatic carbocycles. The van der Waals surface area contributed by atoms with E-state index in [1.165, 1.54) is 24.8 Å². The average Bonchev–Trinajstić information content (AvgIpc) is 3.02. The topological polar surface area (TPSA) is 102 Å². The van der Waals surface area contributed by atoms with Gasteiger partial charge in [0, 0.05) is 17.9 Å². The summed E-state index contributed by atoms with van der Waals surface area (Å²) in [5.74, 6) is 0.271. The second-order valence-corrected chi connectivity index (χ2v) is 6.01. The third kappa shape index (κ3) is 4.95. The molecular weight excluding hydrogens is 332 g/mol. The number of nitrogens with one attached hydrogen (secondary N) is 1. The van der Waals surface area contributed by atoms with E-state index in [-0.39, 0.29) is 30.5 Å². The van der Waals surface area contributed by atoms with Gasteiger partial charge in [-0.2, -0.15) is 0 Å². The molecule has 1 amide bonds. The minimum atomic E-state index is -0.593. The number of carbonyl (C=O) groups excluding carboxylic acids is 2. The van der Waals surface area contributed by atoms with E-state index in [4.69, 9.17) is 4.42 Å². The molecule has 0 fully saturated rings. The highest BCUT2D eigenvalue weighted by atomic mass is 32.2. The Morgan fingerprint density at radius 2 is 2.00 bits per heavy atom. The summed E-state index contributed by atoms with van der Waals surface area (Å²) >= 11 is 1.35. The lowest BCUT2D eigenvalue weighted by Crippen LogP contribution is -2.26. The zero-order valence-corrected chi connectivity index (χ0v) is 13.8. The van der Waals surface area contributed by atoms with E-state index in [1.807, 2.05) is 0 Å². The molecule has 0 spiro atoms. The van der Waals surface area contributed by atoms with Gasteiger partial charge in [-0.3, -0.25) is 19.7 Å². The van der Waals surface area contributed by atoms with Crippen molar-refractivity contribution in [1.29, 1.82) is 0 Å². The van der Waals surface area contributed by atoms with Crippen molar-refractivity contribution in [3.63, 3.8) is 0 Å². The van der Waals surface area contributed by atoms with Crippen molar-refractivity contribution in [3.05, 3.63) is 57.8 Å². The standard InChI is InChI=1S/C16H16N2O5S/c1-11(19)8-9-17-16(20)13-4-2-3-5-14(13)24-10-12-6-7-15(23-12)18(21)22/h2-7H,8-10H2,1H3,(H,17,20). The number of benzene rings is 1. The molecule has 8 heteroatoms. The first-order valence-corrected chi connectivity index (χ1v) is 8.18. The number of Topliss-reactive ketones (excluding diaryl/α,β-unsaturated/α-hetero) is 1. The molecule has 0 unspecified atom stereocenters. The maximum absolute atomic E-state index is 12.2. The zero-order valence-electron chi connectivity index (χ0n) is 13.0. The smallest absolute Gasteiger partial charge is 0.405 e. The van der Waals surface area contributed by atoms with Gasteiger partial charge >= 0.3 is 5.88 Å². The van der Waals surface area contributed by atoms with Crippen molar-refractivity contribution < 1.29 is 18.9 Å². The van der Waals surface area contributed by atoms with Crippen molar-refractivity contribution in [2.45, 2.75) is 24.0 Å². The van der Waals surface area contributed by atoms with Crippen LogP contribution in [0.1, 0.15) is 29.5 Å². The van der Waals surface area contributed by atoms with Crippen molar-refractivity contribution in [2.24, 2.45) is 0 Å². The first-order chi connectivity index (χ1) is 11.5. The lowest BCUT2D eigenvalue weighted by molar-refractivity contribution is -0.402. The van der Waals surface area contributed by atoms with E-state index < -0.39 is 4.92 Å². The van der Waals surface area contributed by atoms with Crippen LogP contribution < -0.4 is 5.32 Å². The predicted octanol–water partition coefficient (Wildman–Crippen LogP) is 3.19. The molecule has 7 nitrogen and oxygen atoms in total. The van der Waals surface area contributed by atoms with Gasteiger partial charge in [-0.25, -0.2) is 0 Å². The monoisotopic (exact) mass is 348 g/mol. The van der Waals surface area contributed by atoms with Crippen molar-refractivity contribution in [3.8, 4) is 0 Å². The molecule has 0 saturated heterocycles. The second-order valence-electron chi connectivity index (χ2n) is 4.99. The fourth-order valence-electron chi connectivity index (χ4n) is 1.92. The number of nitrogens with zero attached hydrogens (tertiary/aromatic N) is 1. The molecule has 0 aliphatic rings. The van der Waals surface area contributed by atoms with Gasteiger partial charge in [0.15, 0.2) is 0 Å². The van der Waals surface area contributed by atoms with Crippen LogP contribution in [0.2, 0.25) is 0 Å². The first-order valence-electron chi connectivity index (χ1n) is 7.20. The maximum Gasteiger partial charge on any atom is 0.433 e. The van der Waals surface area contributed by atoms with Crippen LogP contribution in [0.4, 0.5) is 5.88 Å². The zero-order chi connectivity index (χ0) is 17.5. The van der Waals surface area contributed by atoms with E-state index in [0.29, 0.717) is 17.1 Å². The van der Waals surface area contributed by atoms with Crippen LogP contribution in [-0.4, -0.2) is 23.2 Å². The van der Waals surface area contributed by atoms with E-state index in [0.717, 1.165) is 4.90 Å². The Morgan fingerprint density at radius 3 is 2.67 bits per heavy atom. The van der Waals surface area contributed by atoms with E-state index >= 15 is 0 Å². The van der Waals surface area contributed by atoms with Gasteiger partial charge in [0.2, 0.25) is 0 Å².